The molecule has 0 amide bonds. The van der Waals surface area contributed by atoms with Crippen molar-refractivity contribution >= 4 is 37.5 Å². The summed E-state index contributed by atoms with van der Waals surface area (Å²) in [5.41, 5.74) is -1.50. The maximum atomic E-state index is 13.4. The number of ketones is 1. The van der Waals surface area contributed by atoms with Crippen molar-refractivity contribution in [1.82, 2.24) is 4.31 Å². The third-order valence-electron chi connectivity index (χ3n) is 7.99. The van der Waals surface area contributed by atoms with Crippen LogP contribution in [0.4, 0.5) is 5.69 Å². The van der Waals surface area contributed by atoms with E-state index in [0.29, 0.717) is 25.7 Å². The fraction of sp³-hybridized carbons (Fsp3) is 0.636. The second kappa shape index (κ2) is 8.06. The monoisotopic (exact) mass is 498 g/mol. The number of carbonyl (C=O) groups is 2. The molecular weight excluding hydrogens is 468 g/mol. The number of hydrogen-bond acceptors (Lipinski definition) is 7. The fourth-order valence-electron chi connectivity index (χ4n) is 5.94. The maximum Gasteiger partial charge on any atom is 0.324 e. The highest BCUT2D eigenvalue weighted by atomic mass is 32.2. The zero-order valence-electron chi connectivity index (χ0n) is 19.0. The zero-order chi connectivity index (χ0) is 24.2. The molecule has 3 fully saturated rings. The Morgan fingerprint density at radius 1 is 1.18 bits per heavy atom. The lowest BCUT2D eigenvalue weighted by Crippen LogP contribution is -2.44. The number of sulfonamides is 2. The summed E-state index contributed by atoms with van der Waals surface area (Å²) in [6, 6.07) is 4.78. The Labute approximate surface area is 195 Å². The van der Waals surface area contributed by atoms with Gasteiger partial charge in [0.2, 0.25) is 20.0 Å². The predicted molar refractivity (Wildman–Crippen MR) is 121 cm³/mol. The molecule has 2 bridgehead atoms. The summed E-state index contributed by atoms with van der Waals surface area (Å²) in [7, 11) is -7.03. The summed E-state index contributed by atoms with van der Waals surface area (Å²) in [5.74, 6) is -0.900. The highest BCUT2D eigenvalue weighted by Gasteiger charge is 2.65. The lowest BCUT2D eigenvalue weighted by atomic mass is 9.70. The molecule has 2 aliphatic carbocycles. The van der Waals surface area contributed by atoms with Crippen LogP contribution in [-0.4, -0.2) is 58.3 Å². The van der Waals surface area contributed by atoms with Crippen molar-refractivity contribution in [3.8, 4) is 0 Å². The Bertz CT molecular complexity index is 1190. The number of nitrogens with one attached hydrogen (secondary N) is 1. The molecule has 1 saturated heterocycles. The highest BCUT2D eigenvalue weighted by Crippen LogP contribution is 2.64. The summed E-state index contributed by atoms with van der Waals surface area (Å²) in [4.78, 5) is 24.7. The Kier molecular flexibility index (Phi) is 5.90. The van der Waals surface area contributed by atoms with E-state index < -0.39 is 42.9 Å². The minimum Gasteiger partial charge on any atom is -0.468 e. The Morgan fingerprint density at radius 2 is 1.88 bits per heavy atom. The summed E-state index contributed by atoms with van der Waals surface area (Å²) < 4.78 is 61.6. The number of nitrogens with zero attached hydrogens (tertiary/aromatic N) is 1. The van der Waals surface area contributed by atoms with Gasteiger partial charge in [-0.2, -0.15) is 4.31 Å². The molecule has 11 heteroatoms. The summed E-state index contributed by atoms with van der Waals surface area (Å²) in [6.07, 6.45) is 2.54. The molecule has 1 heterocycles. The van der Waals surface area contributed by atoms with E-state index in [1.54, 1.807) is 0 Å². The van der Waals surface area contributed by atoms with Crippen LogP contribution in [0, 0.1) is 16.7 Å². The quantitative estimate of drug-likeness (QED) is 0.571. The van der Waals surface area contributed by atoms with Crippen LogP contribution in [0.5, 0.6) is 0 Å². The average molecular weight is 499 g/mol. The van der Waals surface area contributed by atoms with Gasteiger partial charge in [0, 0.05) is 13.0 Å². The zero-order valence-corrected chi connectivity index (χ0v) is 20.7. The number of Topliss-reactive ketones (excluding diaryl/α,β-unsaturated/α-hetero) is 1. The molecular formula is C22H30N2O7S2. The number of esters is 1. The largest absolute Gasteiger partial charge is 0.468 e. The standard InChI is InChI=1S/C22H30N2O7S2/c1-21(2)15-10-11-22(21,19(25)13-15)14-32(27,28)23-16-7-4-5-9-18(16)33(29,30)24-12-6-8-17(24)20(26)31-3/h4-5,7,9,15,17,23H,6,8,10-14H2,1-3H3/t15-,17-,22+/m1/s1. The van der Waals surface area contributed by atoms with Crippen LogP contribution in [0.1, 0.15) is 46.0 Å². The van der Waals surface area contributed by atoms with Gasteiger partial charge in [-0.15, -0.1) is 0 Å². The number of anilines is 1. The number of carbonyl (C=O) groups excluding carboxylic acids is 2. The Hall–Kier alpha value is -1.98. The number of hydrogen-bond donors (Lipinski definition) is 1. The lowest BCUT2D eigenvalue weighted by molar-refractivity contribution is -0.144. The van der Waals surface area contributed by atoms with Gasteiger partial charge in [-0.05, 0) is 49.1 Å². The smallest absolute Gasteiger partial charge is 0.324 e. The van der Waals surface area contributed by atoms with Crippen molar-refractivity contribution in [2.75, 3.05) is 24.1 Å². The van der Waals surface area contributed by atoms with Crippen molar-refractivity contribution in [2.24, 2.45) is 16.7 Å². The molecule has 3 atom stereocenters. The van der Waals surface area contributed by atoms with Crippen LogP contribution in [0.25, 0.3) is 0 Å². The van der Waals surface area contributed by atoms with E-state index in [4.69, 9.17) is 4.74 Å². The molecule has 4 rings (SSSR count). The van der Waals surface area contributed by atoms with E-state index in [9.17, 15) is 26.4 Å². The number of para-hydroxylation sites is 1. The highest BCUT2D eigenvalue weighted by molar-refractivity contribution is 7.93. The van der Waals surface area contributed by atoms with Crippen molar-refractivity contribution in [3.63, 3.8) is 0 Å². The number of benzene rings is 1. The number of ether oxygens (including phenoxy) is 1. The van der Waals surface area contributed by atoms with Crippen molar-refractivity contribution in [2.45, 2.75) is 56.9 Å². The van der Waals surface area contributed by atoms with E-state index in [0.717, 1.165) is 10.7 Å². The molecule has 0 spiro atoms. The van der Waals surface area contributed by atoms with Crippen molar-refractivity contribution in [3.05, 3.63) is 24.3 Å². The first-order chi connectivity index (χ1) is 15.4. The lowest BCUT2D eigenvalue weighted by Gasteiger charge is -2.36. The van der Waals surface area contributed by atoms with Gasteiger partial charge in [0.25, 0.3) is 0 Å². The summed E-state index contributed by atoms with van der Waals surface area (Å²) in [5, 5.41) is 0. The van der Waals surface area contributed by atoms with Gasteiger partial charge in [-0.1, -0.05) is 26.0 Å². The maximum absolute atomic E-state index is 13.4. The molecule has 1 aromatic rings. The minimum absolute atomic E-state index is 0.0342. The van der Waals surface area contributed by atoms with Gasteiger partial charge in [0.15, 0.2) is 0 Å². The van der Waals surface area contributed by atoms with Gasteiger partial charge in [-0.25, -0.2) is 16.8 Å². The summed E-state index contributed by atoms with van der Waals surface area (Å²) >= 11 is 0. The van der Waals surface area contributed by atoms with Gasteiger partial charge in [0.05, 0.1) is 24.0 Å². The normalized spacial score (nSPS) is 29.4. The van der Waals surface area contributed by atoms with Gasteiger partial charge in [-0.3, -0.25) is 14.3 Å². The molecule has 33 heavy (non-hydrogen) atoms. The first kappa shape index (κ1) is 24.2. The van der Waals surface area contributed by atoms with Crippen molar-refractivity contribution in [1.29, 1.82) is 0 Å². The SMILES string of the molecule is COC(=O)[C@H]1CCCN1S(=O)(=O)c1ccccc1NS(=O)(=O)C[C@@]12CC[C@H](CC1=O)C2(C)C. The second-order valence-electron chi connectivity index (χ2n) is 9.82. The molecule has 9 nitrogen and oxygen atoms in total. The third-order valence-corrected chi connectivity index (χ3v) is 11.4. The second-order valence-corrected chi connectivity index (χ2v) is 13.4. The van der Waals surface area contributed by atoms with Crippen LogP contribution < -0.4 is 4.72 Å². The molecule has 3 aliphatic rings. The van der Waals surface area contributed by atoms with Crippen LogP contribution in [0.2, 0.25) is 0 Å². The minimum atomic E-state index is -4.18. The van der Waals surface area contributed by atoms with Crippen LogP contribution in [-0.2, 0) is 34.4 Å². The number of rotatable bonds is 7. The predicted octanol–water partition coefficient (Wildman–Crippen LogP) is 2.15. The van der Waals surface area contributed by atoms with E-state index >= 15 is 0 Å². The molecule has 0 aromatic heterocycles. The Balaban J connectivity index is 1.65. The van der Waals surface area contributed by atoms with E-state index in [2.05, 4.69) is 4.72 Å². The van der Waals surface area contributed by atoms with Crippen LogP contribution >= 0.6 is 0 Å². The molecule has 182 valence electrons. The molecule has 1 N–H and O–H groups in total. The van der Waals surface area contributed by atoms with Crippen LogP contribution in [0.15, 0.2) is 29.2 Å². The molecule has 2 saturated carbocycles. The third kappa shape index (κ3) is 3.77. The van der Waals surface area contributed by atoms with E-state index in [-0.39, 0.29) is 34.6 Å². The first-order valence-corrected chi connectivity index (χ1v) is 14.2. The van der Waals surface area contributed by atoms with E-state index in [1.807, 2.05) is 13.8 Å². The topological polar surface area (TPSA) is 127 Å². The molecule has 0 unspecified atom stereocenters. The van der Waals surface area contributed by atoms with E-state index in [1.165, 1.54) is 31.4 Å². The van der Waals surface area contributed by atoms with Crippen molar-refractivity contribution < 1.29 is 31.2 Å². The number of fused-ring (bicyclic) bond motifs is 2. The fourth-order valence-corrected chi connectivity index (χ4v) is 9.71. The van der Waals surface area contributed by atoms with Crippen LogP contribution in [0.3, 0.4) is 0 Å². The summed E-state index contributed by atoms with van der Waals surface area (Å²) in [6.45, 7) is 4.03. The molecule has 1 aromatic carbocycles. The van der Waals surface area contributed by atoms with Gasteiger partial charge >= 0.3 is 5.97 Å². The number of methoxy groups -OCH3 is 1. The van der Waals surface area contributed by atoms with Gasteiger partial charge in [0.1, 0.15) is 16.7 Å². The van der Waals surface area contributed by atoms with Gasteiger partial charge < -0.3 is 4.74 Å². The molecule has 1 aliphatic heterocycles. The average Bonchev–Trinajstić information content (AvgIpc) is 3.37. The first-order valence-electron chi connectivity index (χ1n) is 11.1. The molecule has 0 radical (unpaired) electrons. The Morgan fingerprint density at radius 3 is 2.48 bits per heavy atom.